The van der Waals surface area contributed by atoms with Gasteiger partial charge in [0.1, 0.15) is 0 Å². The van der Waals surface area contributed by atoms with Crippen LogP contribution in [0.4, 0.5) is 0 Å². The van der Waals surface area contributed by atoms with Gasteiger partial charge in [-0.15, -0.1) is 0 Å². The monoisotopic (exact) mass is 295 g/mol. The molecular formula is C15H21NO3S. The highest BCUT2D eigenvalue weighted by Gasteiger charge is 2.58. The van der Waals surface area contributed by atoms with E-state index < -0.39 is 20.9 Å². The van der Waals surface area contributed by atoms with Crippen LogP contribution in [-0.2, 0) is 21.9 Å². The summed E-state index contributed by atoms with van der Waals surface area (Å²) < 4.78 is 23.8. The lowest BCUT2D eigenvalue weighted by Gasteiger charge is -2.42. The number of fused-ring (bicyclic) bond motifs is 1. The Morgan fingerprint density at radius 3 is 2.70 bits per heavy atom. The molecule has 0 aromatic heterocycles. The van der Waals surface area contributed by atoms with Gasteiger partial charge >= 0.3 is 0 Å². The molecule has 4 nitrogen and oxygen atoms in total. The predicted octanol–water partition coefficient (Wildman–Crippen LogP) is 0.892. The van der Waals surface area contributed by atoms with Gasteiger partial charge in [-0.1, -0.05) is 23.8 Å². The average molecular weight is 295 g/mol. The highest BCUT2D eigenvalue weighted by Crippen LogP contribution is 2.53. The van der Waals surface area contributed by atoms with Crippen molar-refractivity contribution in [3.63, 3.8) is 0 Å². The molecule has 1 aliphatic heterocycles. The Morgan fingerprint density at radius 2 is 2.10 bits per heavy atom. The highest BCUT2D eigenvalue weighted by atomic mass is 32.2. The molecule has 2 aliphatic rings. The van der Waals surface area contributed by atoms with E-state index in [1.807, 2.05) is 25.1 Å². The quantitative estimate of drug-likeness (QED) is 0.849. The minimum absolute atomic E-state index is 0.000379. The van der Waals surface area contributed by atoms with Gasteiger partial charge in [-0.05, 0) is 37.3 Å². The van der Waals surface area contributed by atoms with Gasteiger partial charge in [0, 0.05) is 12.0 Å². The lowest BCUT2D eigenvalue weighted by Crippen LogP contribution is -2.50. The van der Waals surface area contributed by atoms with Gasteiger partial charge in [-0.25, -0.2) is 8.42 Å². The number of benzene rings is 1. The van der Waals surface area contributed by atoms with Crippen LogP contribution in [-0.4, -0.2) is 31.6 Å². The molecule has 1 aromatic rings. The van der Waals surface area contributed by atoms with E-state index in [-0.39, 0.29) is 18.1 Å². The third-order valence-electron chi connectivity index (χ3n) is 5.12. The van der Waals surface area contributed by atoms with Crippen LogP contribution in [0.5, 0.6) is 0 Å². The number of nitrogens with two attached hydrogens (primary N) is 1. The van der Waals surface area contributed by atoms with Crippen molar-refractivity contribution in [1.29, 1.82) is 0 Å². The molecule has 110 valence electrons. The fraction of sp³-hybridized carbons (Fsp3) is 0.600. The third kappa shape index (κ3) is 1.84. The van der Waals surface area contributed by atoms with Crippen molar-refractivity contribution >= 4 is 9.84 Å². The molecule has 0 bridgehead atoms. The molecule has 0 spiro atoms. The van der Waals surface area contributed by atoms with Gasteiger partial charge in [0.2, 0.25) is 0 Å². The molecule has 5 heteroatoms. The lowest BCUT2D eigenvalue weighted by atomic mass is 9.68. The minimum atomic E-state index is -3.09. The van der Waals surface area contributed by atoms with E-state index >= 15 is 0 Å². The molecule has 1 saturated heterocycles. The maximum atomic E-state index is 11.9. The average Bonchev–Trinajstić information content (AvgIpc) is 2.90. The Labute approximate surface area is 119 Å². The van der Waals surface area contributed by atoms with Gasteiger partial charge < -0.3 is 10.8 Å². The van der Waals surface area contributed by atoms with Crippen LogP contribution in [0.3, 0.4) is 0 Å². The van der Waals surface area contributed by atoms with Gasteiger partial charge in [0.05, 0.1) is 17.1 Å². The molecule has 1 fully saturated rings. The number of sulfone groups is 1. The Morgan fingerprint density at radius 1 is 1.35 bits per heavy atom. The SMILES string of the molecule is Cc1ccc2c(c1)C(O)(C1(CN)CCS(=O)(=O)C1)CC2. The summed E-state index contributed by atoms with van der Waals surface area (Å²) in [6.07, 6.45) is 1.81. The molecular weight excluding hydrogens is 274 g/mol. The lowest BCUT2D eigenvalue weighted by molar-refractivity contribution is -0.0730. The van der Waals surface area contributed by atoms with Crippen molar-refractivity contribution in [1.82, 2.24) is 0 Å². The largest absolute Gasteiger partial charge is 0.384 e. The van der Waals surface area contributed by atoms with Crippen LogP contribution < -0.4 is 5.73 Å². The van der Waals surface area contributed by atoms with Crippen molar-refractivity contribution in [3.05, 3.63) is 34.9 Å². The zero-order chi connectivity index (χ0) is 14.6. The van der Waals surface area contributed by atoms with Crippen molar-refractivity contribution in [3.8, 4) is 0 Å². The zero-order valence-corrected chi connectivity index (χ0v) is 12.5. The van der Waals surface area contributed by atoms with E-state index in [1.54, 1.807) is 0 Å². The molecule has 20 heavy (non-hydrogen) atoms. The second-order valence-electron chi connectivity index (χ2n) is 6.35. The Bertz CT molecular complexity index is 655. The molecule has 0 saturated carbocycles. The van der Waals surface area contributed by atoms with Crippen LogP contribution in [0, 0.1) is 12.3 Å². The van der Waals surface area contributed by atoms with Crippen LogP contribution >= 0.6 is 0 Å². The van der Waals surface area contributed by atoms with Gasteiger partial charge in [-0.3, -0.25) is 0 Å². The second kappa shape index (κ2) is 4.29. The standard InChI is InChI=1S/C15H21NO3S/c1-11-2-3-12-4-5-15(17,13(12)8-11)14(9-16)6-7-20(18,19)10-14/h2-3,8,17H,4-7,9-10,16H2,1H3. The summed E-state index contributed by atoms with van der Waals surface area (Å²) in [5.41, 5.74) is 7.18. The number of aryl methyl sites for hydroxylation is 2. The number of hydrogen-bond donors (Lipinski definition) is 2. The molecule has 3 N–H and O–H groups in total. The first-order valence-electron chi connectivity index (χ1n) is 7.05. The minimum Gasteiger partial charge on any atom is -0.384 e. The van der Waals surface area contributed by atoms with Crippen LogP contribution in [0.2, 0.25) is 0 Å². The van der Waals surface area contributed by atoms with Crippen molar-refractivity contribution < 1.29 is 13.5 Å². The first kappa shape index (κ1) is 14.0. The molecule has 3 rings (SSSR count). The van der Waals surface area contributed by atoms with Crippen LogP contribution in [0.25, 0.3) is 0 Å². The molecule has 2 unspecified atom stereocenters. The third-order valence-corrected chi connectivity index (χ3v) is 6.94. The fourth-order valence-electron chi connectivity index (χ4n) is 3.87. The smallest absolute Gasteiger partial charge is 0.151 e. The second-order valence-corrected chi connectivity index (χ2v) is 8.53. The van der Waals surface area contributed by atoms with Crippen LogP contribution in [0.1, 0.15) is 29.5 Å². The van der Waals surface area contributed by atoms with Gasteiger partial charge in [-0.2, -0.15) is 0 Å². The fourth-order valence-corrected chi connectivity index (χ4v) is 6.06. The summed E-state index contributed by atoms with van der Waals surface area (Å²) >= 11 is 0. The first-order chi connectivity index (χ1) is 9.32. The first-order valence-corrected chi connectivity index (χ1v) is 8.87. The molecule has 1 aliphatic carbocycles. The van der Waals surface area contributed by atoms with Crippen molar-refractivity contribution in [2.24, 2.45) is 11.1 Å². The number of aliphatic hydroxyl groups is 1. The Kier molecular flexibility index (Phi) is 3.01. The molecule has 0 radical (unpaired) electrons. The van der Waals surface area contributed by atoms with E-state index in [0.29, 0.717) is 12.8 Å². The zero-order valence-electron chi connectivity index (χ0n) is 11.7. The van der Waals surface area contributed by atoms with Crippen molar-refractivity contribution in [2.45, 2.75) is 31.8 Å². The Balaban J connectivity index is 2.13. The summed E-state index contributed by atoms with van der Waals surface area (Å²) in [6, 6.07) is 6.06. The van der Waals surface area contributed by atoms with E-state index in [9.17, 15) is 13.5 Å². The summed E-state index contributed by atoms with van der Waals surface area (Å²) in [5.74, 6) is 0.133. The molecule has 1 heterocycles. The molecule has 1 aromatic carbocycles. The van der Waals surface area contributed by atoms with Gasteiger partial charge in [0.15, 0.2) is 9.84 Å². The number of rotatable bonds is 2. The van der Waals surface area contributed by atoms with E-state index in [2.05, 4.69) is 0 Å². The van der Waals surface area contributed by atoms with E-state index in [0.717, 1.165) is 23.1 Å². The maximum absolute atomic E-state index is 11.9. The van der Waals surface area contributed by atoms with Crippen LogP contribution in [0.15, 0.2) is 18.2 Å². The van der Waals surface area contributed by atoms with Crippen molar-refractivity contribution in [2.75, 3.05) is 18.1 Å². The number of hydrogen-bond acceptors (Lipinski definition) is 4. The normalized spacial score (nSPS) is 35.1. The summed E-state index contributed by atoms with van der Waals surface area (Å²) in [5, 5.41) is 11.3. The highest BCUT2D eigenvalue weighted by molar-refractivity contribution is 7.91. The van der Waals surface area contributed by atoms with E-state index in [4.69, 9.17) is 5.73 Å². The summed E-state index contributed by atoms with van der Waals surface area (Å²) in [6.45, 7) is 2.19. The Hall–Kier alpha value is -0.910. The molecule has 2 atom stereocenters. The van der Waals surface area contributed by atoms with Gasteiger partial charge in [0.25, 0.3) is 0 Å². The summed E-state index contributed by atoms with van der Waals surface area (Å²) in [7, 11) is -3.09. The topological polar surface area (TPSA) is 80.4 Å². The maximum Gasteiger partial charge on any atom is 0.151 e. The summed E-state index contributed by atoms with van der Waals surface area (Å²) in [4.78, 5) is 0. The van der Waals surface area contributed by atoms with E-state index in [1.165, 1.54) is 0 Å². The predicted molar refractivity (Wildman–Crippen MR) is 78.2 cm³/mol. The molecule has 0 amide bonds.